The molecule has 1 aromatic rings. The van der Waals surface area contributed by atoms with Crippen molar-refractivity contribution < 1.29 is 8.42 Å². The third-order valence-corrected chi connectivity index (χ3v) is 4.78. The highest BCUT2D eigenvalue weighted by molar-refractivity contribution is 7.89. The van der Waals surface area contributed by atoms with Crippen LogP contribution in [0.2, 0.25) is 0 Å². The van der Waals surface area contributed by atoms with Crippen molar-refractivity contribution in [3.63, 3.8) is 0 Å². The van der Waals surface area contributed by atoms with Gasteiger partial charge in [0.1, 0.15) is 0 Å². The molecule has 0 saturated heterocycles. The summed E-state index contributed by atoms with van der Waals surface area (Å²) in [6, 6.07) is 7.01. The second-order valence-electron chi connectivity index (χ2n) is 4.82. The number of nitrogens with zero attached hydrogens (tertiary/aromatic N) is 2. The predicted molar refractivity (Wildman–Crippen MR) is 81.7 cm³/mol. The molecule has 0 fully saturated rings. The first kappa shape index (κ1) is 17.2. The molecule has 21 heavy (non-hydrogen) atoms. The summed E-state index contributed by atoms with van der Waals surface area (Å²) in [4.78, 5) is 0.140. The third-order valence-electron chi connectivity index (χ3n) is 2.90. The molecule has 0 aromatic heterocycles. The van der Waals surface area contributed by atoms with E-state index in [-0.39, 0.29) is 23.9 Å². The second kappa shape index (κ2) is 7.24. The minimum Gasteiger partial charge on any atom is -0.320 e. The standard InChI is InChI=1S/C15H19N3O2S/c1-12-6-7-15(14(9-12)5-4-8-16)21(19,20)18(3)11-13(2)10-17/h6-7,9,13H,8,11,16H2,1-3H3. The molecule has 5 nitrogen and oxygen atoms in total. The number of benzene rings is 1. The van der Waals surface area contributed by atoms with E-state index in [4.69, 9.17) is 11.0 Å². The smallest absolute Gasteiger partial charge is 0.244 e. The van der Waals surface area contributed by atoms with E-state index in [1.54, 1.807) is 25.1 Å². The van der Waals surface area contributed by atoms with E-state index < -0.39 is 10.0 Å². The average Bonchev–Trinajstić information content (AvgIpc) is 2.44. The Balaban J connectivity index is 3.28. The zero-order valence-electron chi connectivity index (χ0n) is 12.4. The van der Waals surface area contributed by atoms with Crippen molar-refractivity contribution in [1.29, 1.82) is 5.26 Å². The molecule has 1 unspecified atom stereocenters. The van der Waals surface area contributed by atoms with Gasteiger partial charge in [-0.15, -0.1) is 0 Å². The summed E-state index contributed by atoms with van der Waals surface area (Å²) in [5, 5.41) is 8.82. The van der Waals surface area contributed by atoms with Crippen molar-refractivity contribution in [3.05, 3.63) is 29.3 Å². The highest BCUT2D eigenvalue weighted by Gasteiger charge is 2.24. The molecule has 1 aromatic carbocycles. The molecule has 0 aliphatic rings. The second-order valence-corrected chi connectivity index (χ2v) is 6.83. The average molecular weight is 305 g/mol. The number of rotatable bonds is 4. The van der Waals surface area contributed by atoms with Gasteiger partial charge in [-0.05, 0) is 31.5 Å². The summed E-state index contributed by atoms with van der Waals surface area (Å²) in [5.41, 5.74) is 6.70. The lowest BCUT2D eigenvalue weighted by Crippen LogP contribution is -2.31. The fraction of sp³-hybridized carbons (Fsp3) is 0.400. The highest BCUT2D eigenvalue weighted by atomic mass is 32.2. The molecule has 0 aliphatic heterocycles. The number of sulfonamides is 1. The van der Waals surface area contributed by atoms with Crippen LogP contribution in [0.5, 0.6) is 0 Å². The van der Waals surface area contributed by atoms with Crippen molar-refractivity contribution in [3.8, 4) is 17.9 Å². The summed E-state index contributed by atoms with van der Waals surface area (Å²) in [7, 11) is -2.22. The number of hydrogen-bond acceptors (Lipinski definition) is 4. The van der Waals surface area contributed by atoms with Crippen LogP contribution in [0.4, 0.5) is 0 Å². The van der Waals surface area contributed by atoms with Gasteiger partial charge in [0.2, 0.25) is 10.0 Å². The van der Waals surface area contributed by atoms with Crippen LogP contribution in [-0.2, 0) is 10.0 Å². The fourth-order valence-corrected chi connectivity index (χ4v) is 3.19. The number of aryl methyl sites for hydroxylation is 1. The van der Waals surface area contributed by atoms with E-state index >= 15 is 0 Å². The molecule has 0 heterocycles. The van der Waals surface area contributed by atoms with E-state index in [9.17, 15) is 8.42 Å². The Hall–Kier alpha value is -1.86. The number of hydrogen-bond donors (Lipinski definition) is 1. The maximum atomic E-state index is 12.6. The normalized spacial score (nSPS) is 12.4. The van der Waals surface area contributed by atoms with E-state index in [0.29, 0.717) is 5.56 Å². The molecule has 1 atom stereocenters. The van der Waals surface area contributed by atoms with Gasteiger partial charge in [-0.1, -0.05) is 17.9 Å². The van der Waals surface area contributed by atoms with Gasteiger partial charge in [0.25, 0.3) is 0 Å². The zero-order chi connectivity index (χ0) is 16.0. The Morgan fingerprint density at radius 1 is 1.43 bits per heavy atom. The van der Waals surface area contributed by atoms with Gasteiger partial charge in [-0.3, -0.25) is 0 Å². The molecule has 0 bridgehead atoms. The molecular weight excluding hydrogens is 286 g/mol. The molecule has 112 valence electrons. The van der Waals surface area contributed by atoms with Crippen LogP contribution in [0.3, 0.4) is 0 Å². The summed E-state index contributed by atoms with van der Waals surface area (Å²) < 4.78 is 26.4. The van der Waals surface area contributed by atoms with E-state index in [2.05, 4.69) is 11.8 Å². The lowest BCUT2D eigenvalue weighted by atomic mass is 10.1. The zero-order valence-corrected chi connectivity index (χ0v) is 13.2. The summed E-state index contributed by atoms with van der Waals surface area (Å²) in [6.07, 6.45) is 0. The molecule has 1 rings (SSSR count). The molecule has 0 spiro atoms. The Labute approximate surface area is 126 Å². The Kier molecular flexibility index (Phi) is 5.92. The molecule has 0 saturated carbocycles. The van der Waals surface area contributed by atoms with Gasteiger partial charge >= 0.3 is 0 Å². The first-order valence-corrected chi connectivity index (χ1v) is 7.92. The molecular formula is C15H19N3O2S. The van der Waals surface area contributed by atoms with Crippen molar-refractivity contribution in [2.75, 3.05) is 20.1 Å². The van der Waals surface area contributed by atoms with Crippen LogP contribution in [-0.4, -0.2) is 32.9 Å². The maximum Gasteiger partial charge on any atom is 0.244 e. The fourth-order valence-electron chi connectivity index (χ4n) is 1.81. The van der Waals surface area contributed by atoms with Gasteiger partial charge in [-0.2, -0.15) is 9.57 Å². The molecule has 0 aliphatic carbocycles. The van der Waals surface area contributed by atoms with E-state index in [1.165, 1.54) is 11.4 Å². The quantitative estimate of drug-likeness (QED) is 0.843. The topological polar surface area (TPSA) is 87.2 Å². The molecule has 2 N–H and O–H groups in total. The Morgan fingerprint density at radius 2 is 2.10 bits per heavy atom. The predicted octanol–water partition coefficient (Wildman–Crippen LogP) is 1.09. The largest absolute Gasteiger partial charge is 0.320 e. The van der Waals surface area contributed by atoms with Crippen molar-refractivity contribution in [2.45, 2.75) is 18.7 Å². The number of nitrogens with two attached hydrogens (primary N) is 1. The third kappa shape index (κ3) is 4.30. The van der Waals surface area contributed by atoms with Crippen LogP contribution >= 0.6 is 0 Å². The van der Waals surface area contributed by atoms with Crippen LogP contribution in [0, 0.1) is 36.0 Å². The van der Waals surface area contributed by atoms with Crippen LogP contribution in [0.15, 0.2) is 23.1 Å². The summed E-state index contributed by atoms with van der Waals surface area (Å²) >= 11 is 0. The van der Waals surface area contributed by atoms with Crippen molar-refractivity contribution in [2.24, 2.45) is 11.7 Å². The van der Waals surface area contributed by atoms with E-state index in [0.717, 1.165) is 5.56 Å². The van der Waals surface area contributed by atoms with Gasteiger partial charge in [0.05, 0.1) is 23.4 Å². The van der Waals surface area contributed by atoms with Crippen LogP contribution in [0.1, 0.15) is 18.1 Å². The van der Waals surface area contributed by atoms with Crippen molar-refractivity contribution >= 4 is 10.0 Å². The Bertz CT molecular complexity index is 709. The van der Waals surface area contributed by atoms with Crippen LogP contribution in [0.25, 0.3) is 0 Å². The highest BCUT2D eigenvalue weighted by Crippen LogP contribution is 2.21. The first-order chi connectivity index (χ1) is 9.82. The monoisotopic (exact) mass is 305 g/mol. The summed E-state index contributed by atoms with van der Waals surface area (Å²) in [6.45, 7) is 3.84. The lowest BCUT2D eigenvalue weighted by molar-refractivity contribution is 0.439. The summed E-state index contributed by atoms with van der Waals surface area (Å²) in [5.74, 6) is 5.09. The van der Waals surface area contributed by atoms with Gasteiger partial charge in [-0.25, -0.2) is 8.42 Å². The first-order valence-electron chi connectivity index (χ1n) is 6.48. The van der Waals surface area contributed by atoms with Gasteiger partial charge in [0.15, 0.2) is 0 Å². The van der Waals surface area contributed by atoms with Gasteiger partial charge in [0, 0.05) is 19.2 Å². The Morgan fingerprint density at radius 3 is 2.67 bits per heavy atom. The van der Waals surface area contributed by atoms with E-state index in [1.807, 2.05) is 13.0 Å². The van der Waals surface area contributed by atoms with Gasteiger partial charge < -0.3 is 5.73 Å². The minimum absolute atomic E-state index is 0.135. The SMILES string of the molecule is Cc1ccc(S(=O)(=O)N(C)CC(C)C#N)c(C#CCN)c1. The van der Waals surface area contributed by atoms with Crippen molar-refractivity contribution in [1.82, 2.24) is 4.31 Å². The maximum absolute atomic E-state index is 12.6. The molecule has 6 heteroatoms. The molecule has 0 radical (unpaired) electrons. The number of nitriles is 1. The van der Waals surface area contributed by atoms with Crippen LogP contribution < -0.4 is 5.73 Å². The lowest BCUT2D eigenvalue weighted by Gasteiger charge is -2.19. The minimum atomic E-state index is -3.68. The molecule has 0 amide bonds.